The van der Waals surface area contributed by atoms with Crippen LogP contribution < -0.4 is 15.4 Å². The second-order valence-electron chi connectivity index (χ2n) is 4.25. The van der Waals surface area contributed by atoms with Crippen LogP contribution in [0.4, 0.5) is 0 Å². The van der Waals surface area contributed by atoms with Crippen molar-refractivity contribution >= 4 is 11.6 Å². The Morgan fingerprint density at radius 1 is 1.21 bits per heavy atom. The summed E-state index contributed by atoms with van der Waals surface area (Å²) in [5.74, 6) is 0.891. The van der Waals surface area contributed by atoms with Crippen LogP contribution in [-0.4, -0.2) is 38.0 Å². The number of nitrogens with one attached hydrogen (secondary N) is 2. The summed E-state index contributed by atoms with van der Waals surface area (Å²) in [6.07, 6.45) is 0.987. The van der Waals surface area contributed by atoms with Gasteiger partial charge in [-0.05, 0) is 24.6 Å². The van der Waals surface area contributed by atoms with E-state index in [0.717, 1.165) is 42.4 Å². The molecule has 4 nitrogen and oxygen atoms in total. The van der Waals surface area contributed by atoms with Crippen LogP contribution in [0, 0.1) is 0 Å². The molecule has 0 spiro atoms. The molecule has 0 atom stereocenters. The van der Waals surface area contributed by atoms with Crippen molar-refractivity contribution in [3.8, 4) is 5.75 Å². The lowest BCUT2D eigenvalue weighted by Gasteiger charge is -2.12. The molecular weight excluding hydrogens is 264 g/mol. The fourth-order valence-corrected chi connectivity index (χ4v) is 1.84. The maximum absolute atomic E-state index is 8.64. The fraction of sp³-hybridized carbons (Fsp3) is 0.571. The van der Waals surface area contributed by atoms with E-state index in [1.807, 2.05) is 18.2 Å². The lowest BCUT2D eigenvalue weighted by atomic mass is 10.2. The third-order valence-electron chi connectivity index (χ3n) is 2.57. The van der Waals surface area contributed by atoms with Gasteiger partial charge in [-0.25, -0.2) is 0 Å². The largest absolute Gasteiger partial charge is 0.493 e. The van der Waals surface area contributed by atoms with Gasteiger partial charge in [0.25, 0.3) is 0 Å². The summed E-state index contributed by atoms with van der Waals surface area (Å²) in [5.41, 5.74) is 1.07. The van der Waals surface area contributed by atoms with E-state index >= 15 is 0 Å². The maximum atomic E-state index is 8.64. The van der Waals surface area contributed by atoms with Crippen molar-refractivity contribution in [2.75, 3.05) is 32.8 Å². The van der Waals surface area contributed by atoms with Crippen molar-refractivity contribution in [1.29, 1.82) is 0 Å². The molecule has 1 rings (SSSR count). The Labute approximate surface area is 120 Å². The van der Waals surface area contributed by atoms with Crippen LogP contribution in [0.5, 0.6) is 5.75 Å². The molecular formula is C14H23ClN2O2. The zero-order chi connectivity index (χ0) is 13.9. The van der Waals surface area contributed by atoms with Gasteiger partial charge in [-0.1, -0.05) is 18.5 Å². The highest BCUT2D eigenvalue weighted by Gasteiger charge is 2.04. The SMILES string of the molecule is CCCOc1ccc(Cl)cc1CNCCNCCO. The van der Waals surface area contributed by atoms with Gasteiger partial charge in [-0.2, -0.15) is 0 Å². The van der Waals surface area contributed by atoms with Crippen LogP contribution in [-0.2, 0) is 6.54 Å². The van der Waals surface area contributed by atoms with Crippen LogP contribution in [0.2, 0.25) is 5.02 Å². The van der Waals surface area contributed by atoms with Gasteiger partial charge in [0.05, 0.1) is 13.2 Å². The first-order chi connectivity index (χ1) is 9.27. The first kappa shape index (κ1) is 16.2. The second-order valence-corrected chi connectivity index (χ2v) is 4.69. The molecule has 5 heteroatoms. The molecule has 0 aliphatic heterocycles. The number of benzene rings is 1. The first-order valence-electron chi connectivity index (χ1n) is 6.71. The molecule has 0 radical (unpaired) electrons. The number of hydrogen-bond donors (Lipinski definition) is 3. The van der Waals surface area contributed by atoms with Gasteiger partial charge in [0.2, 0.25) is 0 Å². The summed E-state index contributed by atoms with van der Waals surface area (Å²) in [4.78, 5) is 0. The summed E-state index contributed by atoms with van der Waals surface area (Å²) in [6, 6.07) is 5.69. The van der Waals surface area contributed by atoms with E-state index in [-0.39, 0.29) is 6.61 Å². The lowest BCUT2D eigenvalue weighted by Crippen LogP contribution is -2.28. The van der Waals surface area contributed by atoms with E-state index in [9.17, 15) is 0 Å². The predicted octanol–water partition coefficient (Wildman–Crippen LogP) is 1.80. The monoisotopic (exact) mass is 286 g/mol. The van der Waals surface area contributed by atoms with Crippen LogP contribution in [0.3, 0.4) is 0 Å². The number of ether oxygens (including phenoxy) is 1. The van der Waals surface area contributed by atoms with Gasteiger partial charge in [0.15, 0.2) is 0 Å². The van der Waals surface area contributed by atoms with Gasteiger partial charge in [0, 0.05) is 36.8 Å². The number of aliphatic hydroxyl groups is 1. The molecule has 3 N–H and O–H groups in total. The molecule has 0 saturated carbocycles. The second kappa shape index (κ2) is 10.0. The highest BCUT2D eigenvalue weighted by Crippen LogP contribution is 2.22. The van der Waals surface area contributed by atoms with E-state index in [1.54, 1.807) is 0 Å². The third-order valence-corrected chi connectivity index (χ3v) is 2.80. The molecule has 0 saturated heterocycles. The Balaban J connectivity index is 2.39. The third kappa shape index (κ3) is 6.78. The molecule has 0 aliphatic rings. The molecule has 0 amide bonds. The molecule has 1 aromatic carbocycles. The predicted molar refractivity (Wildman–Crippen MR) is 78.9 cm³/mol. The number of hydrogen-bond acceptors (Lipinski definition) is 4. The van der Waals surface area contributed by atoms with Crippen LogP contribution in [0.1, 0.15) is 18.9 Å². The summed E-state index contributed by atoms with van der Waals surface area (Å²) in [7, 11) is 0. The molecule has 0 heterocycles. The highest BCUT2D eigenvalue weighted by molar-refractivity contribution is 6.30. The zero-order valence-electron chi connectivity index (χ0n) is 11.4. The average Bonchev–Trinajstić information content (AvgIpc) is 2.42. The van der Waals surface area contributed by atoms with E-state index in [2.05, 4.69) is 17.6 Å². The molecule has 0 bridgehead atoms. The standard InChI is InChI=1S/C14H23ClN2O2/c1-2-9-19-14-4-3-13(15)10-12(14)11-17-6-5-16-7-8-18/h3-4,10,16-18H,2,5-9,11H2,1H3. The van der Waals surface area contributed by atoms with Gasteiger partial charge >= 0.3 is 0 Å². The van der Waals surface area contributed by atoms with Crippen molar-refractivity contribution in [3.63, 3.8) is 0 Å². The molecule has 0 aromatic heterocycles. The number of rotatable bonds is 10. The molecule has 0 aliphatic carbocycles. The minimum absolute atomic E-state index is 0.170. The Morgan fingerprint density at radius 3 is 2.74 bits per heavy atom. The topological polar surface area (TPSA) is 53.5 Å². The first-order valence-corrected chi connectivity index (χ1v) is 7.09. The Kier molecular flexibility index (Phi) is 8.58. The van der Waals surface area contributed by atoms with Gasteiger partial charge in [-0.3, -0.25) is 0 Å². The minimum Gasteiger partial charge on any atom is -0.493 e. The summed E-state index contributed by atoms with van der Waals surface area (Å²) in [6.45, 7) is 5.98. The van der Waals surface area contributed by atoms with Crippen molar-refractivity contribution < 1.29 is 9.84 Å². The van der Waals surface area contributed by atoms with Crippen LogP contribution >= 0.6 is 11.6 Å². The Hall–Kier alpha value is -0.810. The fourth-order valence-electron chi connectivity index (χ4n) is 1.64. The summed E-state index contributed by atoms with van der Waals surface area (Å²) in [5, 5.41) is 15.8. The Bertz CT molecular complexity index is 361. The lowest BCUT2D eigenvalue weighted by molar-refractivity contribution is 0.292. The number of halogens is 1. The van der Waals surface area contributed by atoms with E-state index in [0.29, 0.717) is 13.2 Å². The van der Waals surface area contributed by atoms with Crippen LogP contribution in [0.25, 0.3) is 0 Å². The van der Waals surface area contributed by atoms with Gasteiger partial charge < -0.3 is 20.5 Å². The van der Waals surface area contributed by atoms with Gasteiger partial charge in [-0.15, -0.1) is 0 Å². The van der Waals surface area contributed by atoms with Crippen molar-refractivity contribution in [2.24, 2.45) is 0 Å². The molecule has 108 valence electrons. The normalized spacial score (nSPS) is 10.7. The quantitative estimate of drug-likeness (QED) is 0.574. The van der Waals surface area contributed by atoms with E-state index in [4.69, 9.17) is 21.4 Å². The molecule has 0 unspecified atom stereocenters. The van der Waals surface area contributed by atoms with Crippen LogP contribution in [0.15, 0.2) is 18.2 Å². The number of aliphatic hydroxyl groups excluding tert-OH is 1. The minimum atomic E-state index is 0.170. The van der Waals surface area contributed by atoms with E-state index < -0.39 is 0 Å². The van der Waals surface area contributed by atoms with E-state index in [1.165, 1.54) is 0 Å². The van der Waals surface area contributed by atoms with Crippen molar-refractivity contribution in [3.05, 3.63) is 28.8 Å². The maximum Gasteiger partial charge on any atom is 0.123 e. The van der Waals surface area contributed by atoms with Crippen molar-refractivity contribution in [2.45, 2.75) is 19.9 Å². The van der Waals surface area contributed by atoms with Gasteiger partial charge in [0.1, 0.15) is 5.75 Å². The molecule has 19 heavy (non-hydrogen) atoms. The Morgan fingerprint density at radius 2 is 2.00 bits per heavy atom. The van der Waals surface area contributed by atoms with Crippen molar-refractivity contribution in [1.82, 2.24) is 10.6 Å². The smallest absolute Gasteiger partial charge is 0.123 e. The molecule has 1 aromatic rings. The molecule has 0 fully saturated rings. The average molecular weight is 287 g/mol. The highest BCUT2D eigenvalue weighted by atomic mass is 35.5. The summed E-state index contributed by atoms with van der Waals surface area (Å²) < 4.78 is 5.69. The summed E-state index contributed by atoms with van der Waals surface area (Å²) >= 11 is 6.01. The zero-order valence-corrected chi connectivity index (χ0v) is 12.2.